The topological polar surface area (TPSA) is 70.2 Å². The van der Waals surface area contributed by atoms with Gasteiger partial charge in [-0.25, -0.2) is 12.7 Å². The number of piperazine rings is 1. The number of carbonyl (C=O) groups excluding carboxylic acids is 1. The fraction of sp³-hybridized carbons (Fsp3) is 0.562. The summed E-state index contributed by atoms with van der Waals surface area (Å²) in [7, 11) is -1.52. The van der Waals surface area contributed by atoms with E-state index in [1.165, 1.54) is 10.6 Å². The SMILES string of the molecule is COc1ccccc1N1CCN(C(=O)C2CN(S(C)(=O)=O)C2)CC1. The van der Waals surface area contributed by atoms with Crippen LogP contribution in [-0.4, -0.2) is 76.2 Å². The number of hydrogen-bond donors (Lipinski definition) is 0. The van der Waals surface area contributed by atoms with Gasteiger partial charge >= 0.3 is 0 Å². The summed E-state index contributed by atoms with van der Waals surface area (Å²) in [6, 6.07) is 7.86. The number of para-hydroxylation sites is 2. The lowest BCUT2D eigenvalue weighted by molar-refractivity contribution is -0.139. The third-order valence-corrected chi connectivity index (χ3v) is 5.92. The van der Waals surface area contributed by atoms with E-state index in [4.69, 9.17) is 4.74 Å². The van der Waals surface area contributed by atoms with E-state index in [-0.39, 0.29) is 11.8 Å². The molecular formula is C16H23N3O4S. The lowest BCUT2D eigenvalue weighted by atomic mass is 10.0. The van der Waals surface area contributed by atoms with Gasteiger partial charge in [0.2, 0.25) is 15.9 Å². The molecule has 0 bridgehead atoms. The maximum absolute atomic E-state index is 12.5. The molecular weight excluding hydrogens is 330 g/mol. The zero-order valence-electron chi connectivity index (χ0n) is 14.0. The quantitative estimate of drug-likeness (QED) is 0.775. The van der Waals surface area contributed by atoms with Crippen LogP contribution in [0.3, 0.4) is 0 Å². The lowest BCUT2D eigenvalue weighted by Crippen LogP contribution is -2.58. The Morgan fingerprint density at radius 2 is 1.75 bits per heavy atom. The van der Waals surface area contributed by atoms with E-state index in [0.717, 1.165) is 24.5 Å². The van der Waals surface area contributed by atoms with Crippen molar-refractivity contribution in [1.29, 1.82) is 0 Å². The molecule has 3 rings (SSSR count). The van der Waals surface area contributed by atoms with E-state index >= 15 is 0 Å². The predicted octanol–water partition coefficient (Wildman–Crippen LogP) is 0.235. The number of anilines is 1. The molecule has 1 aromatic carbocycles. The number of benzene rings is 1. The highest BCUT2D eigenvalue weighted by Crippen LogP contribution is 2.29. The smallest absolute Gasteiger partial charge is 0.228 e. The minimum atomic E-state index is -3.18. The molecule has 0 spiro atoms. The van der Waals surface area contributed by atoms with Gasteiger partial charge < -0.3 is 14.5 Å². The molecule has 1 amide bonds. The van der Waals surface area contributed by atoms with E-state index in [9.17, 15) is 13.2 Å². The summed E-state index contributed by atoms with van der Waals surface area (Å²) in [6.07, 6.45) is 1.18. The maximum Gasteiger partial charge on any atom is 0.228 e. The summed E-state index contributed by atoms with van der Waals surface area (Å²) >= 11 is 0. The van der Waals surface area contributed by atoms with Gasteiger partial charge in [0.15, 0.2) is 0 Å². The van der Waals surface area contributed by atoms with Gasteiger partial charge in [0.25, 0.3) is 0 Å². The lowest BCUT2D eigenvalue weighted by Gasteiger charge is -2.42. The Hall–Kier alpha value is -1.80. The van der Waals surface area contributed by atoms with Crippen LogP contribution in [0.4, 0.5) is 5.69 Å². The van der Waals surface area contributed by atoms with Gasteiger partial charge in [0.1, 0.15) is 5.75 Å². The average molecular weight is 353 g/mol. The Bertz CT molecular complexity index is 708. The van der Waals surface area contributed by atoms with Crippen LogP contribution in [0.5, 0.6) is 5.75 Å². The minimum absolute atomic E-state index is 0.0644. The second kappa shape index (κ2) is 6.60. The molecule has 0 saturated carbocycles. The number of amides is 1. The first-order valence-electron chi connectivity index (χ1n) is 8.02. The van der Waals surface area contributed by atoms with Gasteiger partial charge in [0, 0.05) is 39.3 Å². The van der Waals surface area contributed by atoms with E-state index < -0.39 is 10.0 Å². The maximum atomic E-state index is 12.5. The van der Waals surface area contributed by atoms with Crippen molar-refractivity contribution in [3.05, 3.63) is 24.3 Å². The average Bonchev–Trinajstić information content (AvgIpc) is 2.52. The van der Waals surface area contributed by atoms with Crippen LogP contribution >= 0.6 is 0 Å². The van der Waals surface area contributed by atoms with Crippen molar-refractivity contribution < 1.29 is 17.9 Å². The molecule has 1 aromatic rings. The molecule has 0 atom stereocenters. The Balaban J connectivity index is 1.55. The van der Waals surface area contributed by atoms with Gasteiger partial charge in [0.05, 0.1) is 25.0 Å². The van der Waals surface area contributed by atoms with Crippen LogP contribution in [-0.2, 0) is 14.8 Å². The fourth-order valence-electron chi connectivity index (χ4n) is 3.18. The molecule has 2 aliphatic heterocycles. The molecule has 0 aromatic heterocycles. The van der Waals surface area contributed by atoms with E-state index in [0.29, 0.717) is 26.2 Å². The van der Waals surface area contributed by atoms with E-state index in [1.54, 1.807) is 7.11 Å². The van der Waals surface area contributed by atoms with Gasteiger partial charge in [-0.05, 0) is 12.1 Å². The van der Waals surface area contributed by atoms with Crippen LogP contribution in [0, 0.1) is 5.92 Å². The number of sulfonamides is 1. The monoisotopic (exact) mass is 353 g/mol. The molecule has 2 aliphatic rings. The van der Waals surface area contributed by atoms with Crippen molar-refractivity contribution in [2.75, 3.05) is 57.5 Å². The van der Waals surface area contributed by atoms with Crippen molar-refractivity contribution in [1.82, 2.24) is 9.21 Å². The first-order valence-corrected chi connectivity index (χ1v) is 9.87. The second-order valence-corrected chi connectivity index (χ2v) is 8.24. The molecule has 2 fully saturated rings. The molecule has 8 heteroatoms. The van der Waals surface area contributed by atoms with Crippen LogP contribution < -0.4 is 9.64 Å². The molecule has 0 N–H and O–H groups in total. The fourth-order valence-corrected chi connectivity index (χ4v) is 4.08. The highest BCUT2D eigenvalue weighted by Gasteiger charge is 2.40. The summed E-state index contributed by atoms with van der Waals surface area (Å²) in [6.45, 7) is 3.40. The van der Waals surface area contributed by atoms with E-state index in [2.05, 4.69) is 4.90 Å². The zero-order valence-corrected chi connectivity index (χ0v) is 14.8. The molecule has 132 valence electrons. The standard InChI is InChI=1S/C16H23N3O4S/c1-23-15-6-4-3-5-14(15)17-7-9-18(10-8-17)16(20)13-11-19(12-13)24(2,21)22/h3-6,13H,7-12H2,1-2H3. The van der Waals surface area contributed by atoms with E-state index in [1.807, 2.05) is 29.2 Å². The summed E-state index contributed by atoms with van der Waals surface area (Å²) in [5.41, 5.74) is 1.04. The number of hydrogen-bond acceptors (Lipinski definition) is 5. The third-order valence-electron chi connectivity index (χ3n) is 4.68. The Labute approximate surface area is 142 Å². The van der Waals surface area contributed by atoms with Gasteiger partial charge in [-0.2, -0.15) is 0 Å². The largest absolute Gasteiger partial charge is 0.495 e. The molecule has 7 nitrogen and oxygen atoms in total. The molecule has 2 saturated heterocycles. The zero-order chi connectivity index (χ0) is 17.3. The number of methoxy groups -OCH3 is 1. The highest BCUT2D eigenvalue weighted by atomic mass is 32.2. The van der Waals surface area contributed by atoms with Gasteiger partial charge in [-0.1, -0.05) is 12.1 Å². The first kappa shape index (κ1) is 17.0. The Kier molecular flexibility index (Phi) is 4.69. The molecule has 24 heavy (non-hydrogen) atoms. The molecule has 2 heterocycles. The Morgan fingerprint density at radius 3 is 2.33 bits per heavy atom. The van der Waals surface area contributed by atoms with Crippen LogP contribution in [0.2, 0.25) is 0 Å². The van der Waals surface area contributed by atoms with Crippen molar-refractivity contribution in [3.63, 3.8) is 0 Å². The first-order chi connectivity index (χ1) is 11.4. The third kappa shape index (κ3) is 3.34. The molecule has 0 radical (unpaired) electrons. The minimum Gasteiger partial charge on any atom is -0.495 e. The normalized spacial score (nSPS) is 19.9. The van der Waals surface area contributed by atoms with Crippen molar-refractivity contribution >= 4 is 21.6 Å². The van der Waals surface area contributed by atoms with Gasteiger partial charge in [-0.15, -0.1) is 0 Å². The number of rotatable bonds is 4. The van der Waals surface area contributed by atoms with Crippen LogP contribution in [0.25, 0.3) is 0 Å². The summed E-state index contributed by atoms with van der Waals surface area (Å²) in [5.74, 6) is 0.701. The summed E-state index contributed by atoms with van der Waals surface area (Å²) in [4.78, 5) is 16.5. The predicted molar refractivity (Wildman–Crippen MR) is 91.7 cm³/mol. The number of nitrogens with zero attached hydrogens (tertiary/aromatic N) is 3. The van der Waals surface area contributed by atoms with Crippen LogP contribution in [0.15, 0.2) is 24.3 Å². The van der Waals surface area contributed by atoms with Gasteiger partial charge in [-0.3, -0.25) is 4.79 Å². The molecule has 0 unspecified atom stereocenters. The van der Waals surface area contributed by atoms with Crippen molar-refractivity contribution in [2.24, 2.45) is 5.92 Å². The van der Waals surface area contributed by atoms with Crippen molar-refractivity contribution in [2.45, 2.75) is 0 Å². The van der Waals surface area contributed by atoms with Crippen molar-refractivity contribution in [3.8, 4) is 5.75 Å². The second-order valence-electron chi connectivity index (χ2n) is 6.26. The van der Waals surface area contributed by atoms with Crippen LogP contribution in [0.1, 0.15) is 0 Å². The summed E-state index contributed by atoms with van der Waals surface area (Å²) in [5, 5.41) is 0. The molecule has 0 aliphatic carbocycles. The highest BCUT2D eigenvalue weighted by molar-refractivity contribution is 7.88. The number of carbonyl (C=O) groups is 1. The Morgan fingerprint density at radius 1 is 1.12 bits per heavy atom. The number of ether oxygens (including phenoxy) is 1. The summed E-state index contributed by atoms with van der Waals surface area (Å²) < 4.78 is 29.5.